The molecule has 21 heavy (non-hydrogen) atoms. The minimum atomic E-state index is -0.130. The third kappa shape index (κ3) is 5.14. The Kier molecular flexibility index (Phi) is 6.80. The van der Waals surface area contributed by atoms with E-state index in [1.54, 1.807) is 12.3 Å². The smallest absolute Gasteiger partial charge is 0.126 e. The van der Waals surface area contributed by atoms with Gasteiger partial charge >= 0.3 is 0 Å². The maximum Gasteiger partial charge on any atom is 0.126 e. The van der Waals surface area contributed by atoms with E-state index in [2.05, 4.69) is 11.6 Å². The zero-order chi connectivity index (χ0) is 15.8. The SMILES string of the molecule is C=C(C)/C(C)=N\C=C/C/C(=C\C)c1ccc(CC)c(F)c1. The largest absolute Gasteiger partial charge is 0.262 e. The predicted molar refractivity (Wildman–Crippen MR) is 91.1 cm³/mol. The number of allylic oxidation sites excluding steroid dienone is 4. The van der Waals surface area contributed by atoms with Crippen LogP contribution in [0, 0.1) is 5.82 Å². The molecular formula is C19H24FN. The van der Waals surface area contributed by atoms with Gasteiger partial charge in [-0.3, -0.25) is 4.99 Å². The zero-order valence-corrected chi connectivity index (χ0v) is 13.4. The van der Waals surface area contributed by atoms with Gasteiger partial charge in [0, 0.05) is 11.9 Å². The summed E-state index contributed by atoms with van der Waals surface area (Å²) in [4.78, 5) is 4.30. The fraction of sp³-hybridized carbons (Fsp3) is 0.316. The highest BCUT2D eigenvalue weighted by Crippen LogP contribution is 2.21. The molecule has 0 aliphatic heterocycles. The molecule has 0 amide bonds. The van der Waals surface area contributed by atoms with Gasteiger partial charge in [-0.05, 0) is 62.0 Å². The maximum atomic E-state index is 13.9. The number of benzene rings is 1. The van der Waals surface area contributed by atoms with E-state index in [0.717, 1.165) is 34.4 Å². The summed E-state index contributed by atoms with van der Waals surface area (Å²) in [5.41, 5.74) is 4.66. The van der Waals surface area contributed by atoms with Crippen molar-refractivity contribution in [2.24, 2.45) is 4.99 Å². The van der Waals surface area contributed by atoms with Gasteiger partial charge in [0.2, 0.25) is 0 Å². The summed E-state index contributed by atoms with van der Waals surface area (Å²) in [5, 5.41) is 0. The van der Waals surface area contributed by atoms with Crippen molar-refractivity contribution in [2.75, 3.05) is 0 Å². The van der Waals surface area contributed by atoms with Gasteiger partial charge in [0.15, 0.2) is 0 Å². The van der Waals surface area contributed by atoms with E-state index in [4.69, 9.17) is 0 Å². The summed E-state index contributed by atoms with van der Waals surface area (Å²) < 4.78 is 13.9. The van der Waals surface area contributed by atoms with Crippen molar-refractivity contribution in [3.05, 3.63) is 65.6 Å². The van der Waals surface area contributed by atoms with Crippen molar-refractivity contribution in [2.45, 2.75) is 40.5 Å². The van der Waals surface area contributed by atoms with E-state index in [-0.39, 0.29) is 5.82 Å². The fourth-order valence-corrected chi connectivity index (χ4v) is 1.89. The van der Waals surface area contributed by atoms with Crippen LogP contribution in [-0.2, 0) is 6.42 Å². The van der Waals surface area contributed by atoms with Crippen LogP contribution in [0.2, 0.25) is 0 Å². The lowest BCUT2D eigenvalue weighted by Gasteiger charge is -2.07. The van der Waals surface area contributed by atoms with Crippen LogP contribution in [0.5, 0.6) is 0 Å². The molecule has 0 saturated heterocycles. The Balaban J connectivity index is 2.81. The van der Waals surface area contributed by atoms with Gasteiger partial charge in [0.25, 0.3) is 0 Å². The van der Waals surface area contributed by atoms with E-state index in [0.29, 0.717) is 6.42 Å². The van der Waals surface area contributed by atoms with E-state index in [1.165, 1.54) is 0 Å². The van der Waals surface area contributed by atoms with Crippen molar-refractivity contribution in [1.82, 2.24) is 0 Å². The summed E-state index contributed by atoms with van der Waals surface area (Å²) in [5.74, 6) is -0.130. The van der Waals surface area contributed by atoms with Crippen molar-refractivity contribution >= 4 is 11.3 Å². The molecule has 1 aromatic carbocycles. The first-order valence-corrected chi connectivity index (χ1v) is 7.28. The molecule has 1 nitrogen and oxygen atoms in total. The zero-order valence-electron chi connectivity index (χ0n) is 13.4. The van der Waals surface area contributed by atoms with E-state index >= 15 is 0 Å². The highest BCUT2D eigenvalue weighted by Gasteiger charge is 2.04. The standard InChI is InChI=1S/C19H24FN/c1-6-16(9-8-12-21-15(5)14(3)4)18-11-10-17(7-2)19(20)13-18/h6,8,10-13H,3,7,9H2,1-2,4-5H3/b12-8-,16-6+,21-15-. The van der Waals surface area contributed by atoms with Gasteiger partial charge < -0.3 is 0 Å². The lowest BCUT2D eigenvalue weighted by molar-refractivity contribution is 0.611. The van der Waals surface area contributed by atoms with Gasteiger partial charge in [-0.1, -0.05) is 37.8 Å². The third-order valence-corrected chi connectivity index (χ3v) is 3.48. The van der Waals surface area contributed by atoms with Crippen LogP contribution in [0.15, 0.2) is 53.7 Å². The Labute approximate surface area is 127 Å². The van der Waals surface area contributed by atoms with Crippen molar-refractivity contribution < 1.29 is 4.39 Å². The molecule has 0 aliphatic rings. The minimum absolute atomic E-state index is 0.130. The number of aliphatic imine (C=N–C) groups is 1. The van der Waals surface area contributed by atoms with Crippen LogP contribution in [-0.4, -0.2) is 5.71 Å². The van der Waals surface area contributed by atoms with Gasteiger partial charge in [0.05, 0.1) is 0 Å². The summed E-state index contributed by atoms with van der Waals surface area (Å²) in [7, 11) is 0. The predicted octanol–water partition coefficient (Wildman–Crippen LogP) is 5.73. The minimum Gasteiger partial charge on any atom is -0.262 e. The molecule has 1 rings (SSSR count). The summed E-state index contributed by atoms with van der Waals surface area (Å²) in [6.07, 6.45) is 7.22. The molecule has 0 N–H and O–H groups in total. The second kappa shape index (κ2) is 8.35. The number of hydrogen-bond donors (Lipinski definition) is 0. The van der Waals surface area contributed by atoms with Gasteiger partial charge in [-0.25, -0.2) is 4.39 Å². The van der Waals surface area contributed by atoms with Crippen LogP contribution in [0.25, 0.3) is 5.57 Å². The molecule has 2 heteroatoms. The molecule has 1 aromatic rings. The number of halogens is 1. The highest BCUT2D eigenvalue weighted by atomic mass is 19.1. The molecule has 0 fully saturated rings. The monoisotopic (exact) mass is 285 g/mol. The maximum absolute atomic E-state index is 13.9. The van der Waals surface area contributed by atoms with Gasteiger partial charge in [-0.15, -0.1) is 0 Å². The Morgan fingerprint density at radius 1 is 1.33 bits per heavy atom. The average Bonchev–Trinajstić information content (AvgIpc) is 2.46. The third-order valence-electron chi connectivity index (χ3n) is 3.48. The number of rotatable bonds is 6. The van der Waals surface area contributed by atoms with Crippen LogP contribution < -0.4 is 0 Å². The topological polar surface area (TPSA) is 12.4 Å². The Hall–Kier alpha value is -1.96. The first-order chi connectivity index (χ1) is 9.99. The van der Waals surface area contributed by atoms with Crippen LogP contribution in [0.4, 0.5) is 4.39 Å². The Morgan fingerprint density at radius 3 is 2.57 bits per heavy atom. The molecule has 0 heterocycles. The average molecular weight is 285 g/mol. The van der Waals surface area contributed by atoms with Crippen LogP contribution in [0.1, 0.15) is 45.2 Å². The fourth-order valence-electron chi connectivity index (χ4n) is 1.89. The van der Waals surface area contributed by atoms with Crippen molar-refractivity contribution in [1.29, 1.82) is 0 Å². The van der Waals surface area contributed by atoms with E-state index in [1.807, 2.05) is 52.0 Å². The summed E-state index contributed by atoms with van der Waals surface area (Å²) >= 11 is 0. The molecule has 0 unspecified atom stereocenters. The molecule has 0 aromatic heterocycles. The van der Waals surface area contributed by atoms with Gasteiger partial charge in [0.1, 0.15) is 5.82 Å². The van der Waals surface area contributed by atoms with Crippen molar-refractivity contribution in [3.8, 4) is 0 Å². The first-order valence-electron chi connectivity index (χ1n) is 7.28. The summed E-state index contributed by atoms with van der Waals surface area (Å²) in [6.45, 7) is 11.6. The molecule has 0 radical (unpaired) electrons. The molecule has 0 atom stereocenters. The molecule has 0 spiro atoms. The van der Waals surface area contributed by atoms with Gasteiger partial charge in [-0.2, -0.15) is 0 Å². The molecule has 0 bridgehead atoms. The lowest BCUT2D eigenvalue weighted by atomic mass is 10.00. The van der Waals surface area contributed by atoms with E-state index < -0.39 is 0 Å². The van der Waals surface area contributed by atoms with Crippen molar-refractivity contribution in [3.63, 3.8) is 0 Å². The second-order valence-electron chi connectivity index (χ2n) is 5.06. The van der Waals surface area contributed by atoms with Crippen LogP contribution in [0.3, 0.4) is 0 Å². The Morgan fingerprint density at radius 2 is 2.05 bits per heavy atom. The number of nitrogens with zero attached hydrogens (tertiary/aromatic N) is 1. The number of hydrogen-bond acceptors (Lipinski definition) is 1. The molecule has 112 valence electrons. The Bertz CT molecular complexity index is 592. The molecule has 0 saturated carbocycles. The molecule has 0 aliphatic carbocycles. The second-order valence-corrected chi connectivity index (χ2v) is 5.06. The highest BCUT2D eigenvalue weighted by molar-refractivity contribution is 5.97. The normalized spacial score (nSPS) is 13.0. The molecular weight excluding hydrogens is 261 g/mol. The van der Waals surface area contributed by atoms with E-state index in [9.17, 15) is 4.39 Å². The van der Waals surface area contributed by atoms with Crippen LogP contribution >= 0.6 is 0 Å². The quantitative estimate of drug-likeness (QED) is 0.592. The number of aryl methyl sites for hydroxylation is 1. The first kappa shape index (κ1) is 17.1. The lowest BCUT2D eigenvalue weighted by Crippen LogP contribution is -1.91. The summed E-state index contributed by atoms with van der Waals surface area (Å²) in [6, 6.07) is 5.46.